The highest BCUT2D eigenvalue weighted by Crippen LogP contribution is 2.27. The number of methoxy groups -OCH3 is 1. The maximum Gasteiger partial charge on any atom is 0.322 e. The summed E-state index contributed by atoms with van der Waals surface area (Å²) >= 11 is 0. The number of aryl methyl sites for hydroxylation is 1. The Morgan fingerprint density at radius 1 is 1.00 bits per heavy atom. The van der Waals surface area contributed by atoms with Crippen LogP contribution in [0, 0.1) is 0 Å². The summed E-state index contributed by atoms with van der Waals surface area (Å²) in [4.78, 5) is 17.3. The topological polar surface area (TPSA) is 44.8 Å². The monoisotopic (exact) mass is 379 g/mol. The minimum Gasteiger partial charge on any atom is -0.497 e. The van der Waals surface area contributed by atoms with Crippen molar-refractivity contribution >= 4 is 17.4 Å². The first-order chi connectivity index (χ1) is 13.7. The molecule has 2 heterocycles. The Bertz CT molecular complexity index is 798. The highest BCUT2D eigenvalue weighted by atomic mass is 16.5. The maximum absolute atomic E-state index is 13.0. The Hall–Kier alpha value is -2.69. The predicted molar refractivity (Wildman–Crippen MR) is 113 cm³/mol. The van der Waals surface area contributed by atoms with E-state index in [1.54, 1.807) is 7.11 Å². The molecule has 2 aliphatic heterocycles. The third-order valence-corrected chi connectivity index (χ3v) is 5.87. The molecule has 0 radical (unpaired) electrons. The summed E-state index contributed by atoms with van der Waals surface area (Å²) in [6.45, 7) is 2.70. The van der Waals surface area contributed by atoms with Gasteiger partial charge >= 0.3 is 6.03 Å². The number of rotatable bonds is 3. The van der Waals surface area contributed by atoms with E-state index in [0.29, 0.717) is 0 Å². The Morgan fingerprint density at radius 3 is 2.50 bits per heavy atom. The third-order valence-electron chi connectivity index (χ3n) is 5.87. The Kier molecular flexibility index (Phi) is 5.70. The van der Waals surface area contributed by atoms with Gasteiger partial charge in [0.05, 0.1) is 7.11 Å². The second kappa shape index (κ2) is 8.55. The molecule has 0 spiro atoms. The number of amides is 2. The lowest BCUT2D eigenvalue weighted by atomic mass is 10.0. The van der Waals surface area contributed by atoms with Crippen LogP contribution in [0.25, 0.3) is 0 Å². The van der Waals surface area contributed by atoms with Gasteiger partial charge in [0.1, 0.15) is 5.75 Å². The van der Waals surface area contributed by atoms with Crippen molar-refractivity contribution in [3.05, 3.63) is 54.1 Å². The number of carbonyl (C=O) groups excluding carboxylic acids is 1. The molecule has 2 aromatic rings. The Morgan fingerprint density at radius 2 is 1.75 bits per heavy atom. The van der Waals surface area contributed by atoms with E-state index in [2.05, 4.69) is 40.5 Å². The van der Waals surface area contributed by atoms with Crippen molar-refractivity contribution in [2.45, 2.75) is 38.1 Å². The third kappa shape index (κ3) is 4.08. The lowest BCUT2D eigenvalue weighted by Gasteiger charge is -2.35. The smallest absolute Gasteiger partial charge is 0.322 e. The van der Waals surface area contributed by atoms with Gasteiger partial charge in [0.15, 0.2) is 0 Å². The van der Waals surface area contributed by atoms with Crippen molar-refractivity contribution in [2.24, 2.45) is 0 Å². The second-order valence-corrected chi connectivity index (χ2v) is 7.65. The van der Waals surface area contributed by atoms with Crippen LogP contribution in [-0.4, -0.2) is 38.8 Å². The first-order valence-electron chi connectivity index (χ1n) is 10.3. The number of carbonyl (C=O) groups is 1. The molecule has 0 aliphatic carbocycles. The molecular formula is C23H29N3O2. The molecule has 2 aromatic carbocycles. The fraction of sp³-hybridized carbons (Fsp3) is 0.435. The van der Waals surface area contributed by atoms with Crippen molar-refractivity contribution in [1.82, 2.24) is 5.32 Å². The van der Waals surface area contributed by atoms with Crippen LogP contribution in [0.3, 0.4) is 0 Å². The summed E-state index contributed by atoms with van der Waals surface area (Å²) in [6, 6.07) is 16.8. The van der Waals surface area contributed by atoms with E-state index in [1.165, 1.54) is 11.3 Å². The van der Waals surface area contributed by atoms with Crippen molar-refractivity contribution < 1.29 is 9.53 Å². The van der Waals surface area contributed by atoms with E-state index in [1.807, 2.05) is 23.1 Å². The molecule has 1 fully saturated rings. The Balaban J connectivity index is 1.35. The molecule has 0 aromatic heterocycles. The SMILES string of the molecule is COc1ccc(N2CCC(NC(=O)N3CCCCc4ccccc43)CC2)cc1. The maximum atomic E-state index is 13.0. The van der Waals surface area contributed by atoms with E-state index in [4.69, 9.17) is 4.74 Å². The average molecular weight is 380 g/mol. The number of benzene rings is 2. The zero-order chi connectivity index (χ0) is 19.3. The van der Waals surface area contributed by atoms with Gasteiger partial charge in [0.2, 0.25) is 0 Å². The van der Waals surface area contributed by atoms with Gasteiger partial charge in [-0.15, -0.1) is 0 Å². The zero-order valence-electron chi connectivity index (χ0n) is 16.6. The lowest BCUT2D eigenvalue weighted by molar-refractivity contribution is 0.240. The van der Waals surface area contributed by atoms with E-state index in [0.717, 1.165) is 63.2 Å². The van der Waals surface area contributed by atoms with Crippen LogP contribution in [0.5, 0.6) is 5.75 Å². The lowest BCUT2D eigenvalue weighted by Crippen LogP contribution is -2.49. The molecule has 1 N–H and O–H groups in total. The predicted octanol–water partition coefficient (Wildman–Crippen LogP) is 4.22. The zero-order valence-corrected chi connectivity index (χ0v) is 16.6. The van der Waals surface area contributed by atoms with Crippen LogP contribution in [0.4, 0.5) is 16.2 Å². The molecular weight excluding hydrogens is 350 g/mol. The number of fused-ring (bicyclic) bond motifs is 1. The molecule has 0 saturated carbocycles. The van der Waals surface area contributed by atoms with E-state index in [-0.39, 0.29) is 12.1 Å². The molecule has 0 unspecified atom stereocenters. The first kappa shape index (κ1) is 18.7. The summed E-state index contributed by atoms with van der Waals surface area (Å²) < 4.78 is 5.24. The van der Waals surface area contributed by atoms with E-state index in [9.17, 15) is 4.79 Å². The van der Waals surface area contributed by atoms with Gasteiger partial charge in [0, 0.05) is 37.1 Å². The summed E-state index contributed by atoms with van der Waals surface area (Å²) in [5.41, 5.74) is 3.57. The normalized spacial score (nSPS) is 17.6. The summed E-state index contributed by atoms with van der Waals surface area (Å²) in [7, 11) is 1.69. The highest BCUT2D eigenvalue weighted by molar-refractivity contribution is 5.93. The fourth-order valence-corrected chi connectivity index (χ4v) is 4.23. The number of piperidine rings is 1. The van der Waals surface area contributed by atoms with E-state index >= 15 is 0 Å². The molecule has 5 nitrogen and oxygen atoms in total. The molecule has 148 valence electrons. The Labute approximate surface area is 167 Å². The minimum atomic E-state index is 0.0530. The average Bonchev–Trinajstić information content (AvgIpc) is 2.97. The summed E-state index contributed by atoms with van der Waals surface area (Å²) in [5.74, 6) is 0.878. The first-order valence-corrected chi connectivity index (χ1v) is 10.3. The second-order valence-electron chi connectivity index (χ2n) is 7.65. The number of para-hydroxylation sites is 1. The van der Waals surface area contributed by atoms with Gasteiger partial charge in [-0.25, -0.2) is 4.79 Å². The molecule has 2 amide bonds. The number of ether oxygens (including phenoxy) is 1. The van der Waals surface area contributed by atoms with Gasteiger partial charge in [-0.05, 0) is 68.0 Å². The van der Waals surface area contributed by atoms with E-state index < -0.39 is 0 Å². The van der Waals surface area contributed by atoms with Crippen LogP contribution in [0.15, 0.2) is 48.5 Å². The van der Waals surface area contributed by atoms with Crippen LogP contribution in [0.2, 0.25) is 0 Å². The van der Waals surface area contributed by atoms with Crippen molar-refractivity contribution in [2.75, 3.05) is 36.5 Å². The molecule has 2 aliphatic rings. The highest BCUT2D eigenvalue weighted by Gasteiger charge is 2.25. The number of anilines is 2. The standard InChI is InChI=1S/C23H29N3O2/c1-28-21-11-9-20(10-12-21)25-16-13-19(14-17-25)24-23(27)26-15-5-4-7-18-6-2-3-8-22(18)26/h2-3,6,8-12,19H,4-5,7,13-17H2,1H3,(H,24,27). The van der Waals surface area contributed by atoms with Gasteiger partial charge < -0.3 is 15.0 Å². The summed E-state index contributed by atoms with van der Waals surface area (Å²) in [5, 5.41) is 3.29. The van der Waals surface area contributed by atoms with Crippen LogP contribution < -0.4 is 19.9 Å². The molecule has 4 rings (SSSR count). The number of hydrogen-bond acceptors (Lipinski definition) is 3. The van der Waals surface area contributed by atoms with Crippen LogP contribution >= 0.6 is 0 Å². The number of urea groups is 1. The van der Waals surface area contributed by atoms with Crippen LogP contribution in [0.1, 0.15) is 31.2 Å². The number of nitrogens with zero attached hydrogens (tertiary/aromatic N) is 2. The minimum absolute atomic E-state index is 0.0530. The number of hydrogen-bond donors (Lipinski definition) is 1. The fourth-order valence-electron chi connectivity index (χ4n) is 4.23. The number of nitrogens with one attached hydrogen (secondary N) is 1. The van der Waals surface area contributed by atoms with Gasteiger partial charge in [0.25, 0.3) is 0 Å². The van der Waals surface area contributed by atoms with Crippen molar-refractivity contribution in [3.8, 4) is 5.75 Å². The van der Waals surface area contributed by atoms with Gasteiger partial charge in [-0.1, -0.05) is 18.2 Å². The quantitative estimate of drug-likeness (QED) is 0.869. The molecule has 0 bridgehead atoms. The van der Waals surface area contributed by atoms with Crippen molar-refractivity contribution in [3.63, 3.8) is 0 Å². The molecule has 1 saturated heterocycles. The van der Waals surface area contributed by atoms with Gasteiger partial charge in [-0.3, -0.25) is 4.90 Å². The van der Waals surface area contributed by atoms with Gasteiger partial charge in [-0.2, -0.15) is 0 Å². The molecule has 28 heavy (non-hydrogen) atoms. The summed E-state index contributed by atoms with van der Waals surface area (Å²) in [6.07, 6.45) is 5.18. The van der Waals surface area contributed by atoms with Crippen LogP contribution in [-0.2, 0) is 6.42 Å². The van der Waals surface area contributed by atoms with Crippen molar-refractivity contribution in [1.29, 1.82) is 0 Å². The molecule has 0 atom stereocenters. The molecule has 5 heteroatoms. The largest absolute Gasteiger partial charge is 0.497 e.